The van der Waals surface area contributed by atoms with E-state index in [-0.39, 0.29) is 17.4 Å². The molecule has 0 atom stereocenters. The number of hydrogen-bond donors (Lipinski definition) is 0. The summed E-state index contributed by atoms with van der Waals surface area (Å²) in [6.45, 7) is 8.06. The Morgan fingerprint density at radius 1 is 1.14 bits per heavy atom. The van der Waals surface area contributed by atoms with E-state index in [0.29, 0.717) is 29.4 Å². The van der Waals surface area contributed by atoms with E-state index in [9.17, 15) is 9.59 Å². The van der Waals surface area contributed by atoms with E-state index in [4.69, 9.17) is 4.74 Å². The van der Waals surface area contributed by atoms with Crippen molar-refractivity contribution in [2.24, 2.45) is 16.3 Å². The van der Waals surface area contributed by atoms with Crippen LogP contribution in [0, 0.1) is 11.3 Å². The number of fused-ring (bicyclic) bond motifs is 3. The summed E-state index contributed by atoms with van der Waals surface area (Å²) in [5.41, 5.74) is 1.66. The quantitative estimate of drug-likeness (QED) is 0.861. The van der Waals surface area contributed by atoms with Gasteiger partial charge in [0.2, 0.25) is 5.78 Å². The normalized spacial score (nSPS) is 19.2. The third-order valence-corrected chi connectivity index (χ3v) is 4.03. The van der Waals surface area contributed by atoms with Crippen LogP contribution < -0.4 is 0 Å². The van der Waals surface area contributed by atoms with Gasteiger partial charge in [0.1, 0.15) is 0 Å². The van der Waals surface area contributed by atoms with Crippen LogP contribution in [0.2, 0.25) is 0 Å². The third-order valence-electron chi connectivity index (χ3n) is 4.03. The molecule has 0 fully saturated rings. The van der Waals surface area contributed by atoms with E-state index in [1.165, 1.54) is 0 Å². The highest BCUT2D eigenvalue weighted by molar-refractivity contribution is 6.34. The third kappa shape index (κ3) is 2.02. The number of hydrogen-bond acceptors (Lipinski definition) is 3. The first-order chi connectivity index (χ1) is 10.3. The molecule has 3 rings (SSSR count). The van der Waals surface area contributed by atoms with Crippen molar-refractivity contribution in [3.63, 3.8) is 0 Å². The van der Waals surface area contributed by atoms with Gasteiger partial charge in [-0.2, -0.15) is 0 Å². The molecule has 0 radical (unpaired) electrons. The Morgan fingerprint density at radius 3 is 2.41 bits per heavy atom. The van der Waals surface area contributed by atoms with Crippen molar-refractivity contribution in [1.29, 1.82) is 0 Å². The molecule has 1 aliphatic carbocycles. The molecule has 0 unspecified atom stereocenters. The Bertz CT molecular complexity index is 738. The fourth-order valence-electron chi connectivity index (χ4n) is 2.80. The summed E-state index contributed by atoms with van der Waals surface area (Å²) >= 11 is 0. The first kappa shape index (κ1) is 14.7. The summed E-state index contributed by atoms with van der Waals surface area (Å²) in [5.74, 6) is 0.182. The molecule has 1 heterocycles. The number of amides is 1. The highest BCUT2D eigenvalue weighted by atomic mass is 16.5. The van der Waals surface area contributed by atoms with Crippen molar-refractivity contribution in [2.75, 3.05) is 6.61 Å². The number of benzene rings is 1. The number of aliphatic imine (C=N–C) groups is 1. The van der Waals surface area contributed by atoms with Crippen LogP contribution in [-0.2, 0) is 9.53 Å². The van der Waals surface area contributed by atoms with Gasteiger partial charge in [0.25, 0.3) is 5.91 Å². The second kappa shape index (κ2) is 4.90. The van der Waals surface area contributed by atoms with Gasteiger partial charge in [0.15, 0.2) is 5.76 Å². The van der Waals surface area contributed by atoms with Crippen LogP contribution in [0.1, 0.15) is 43.6 Å². The number of rotatable bonds is 3. The molecule has 1 aromatic rings. The van der Waals surface area contributed by atoms with Gasteiger partial charge in [-0.05, 0) is 19.8 Å². The van der Waals surface area contributed by atoms with Gasteiger partial charge in [0.05, 0.1) is 17.7 Å². The lowest BCUT2D eigenvalue weighted by molar-refractivity contribution is -0.123. The van der Waals surface area contributed by atoms with E-state index in [1.807, 2.05) is 32.0 Å². The maximum atomic E-state index is 12.8. The van der Waals surface area contributed by atoms with Crippen molar-refractivity contribution in [3.8, 4) is 0 Å². The van der Waals surface area contributed by atoms with Crippen molar-refractivity contribution < 1.29 is 14.3 Å². The lowest BCUT2D eigenvalue weighted by Gasteiger charge is -2.27. The lowest BCUT2D eigenvalue weighted by atomic mass is 9.76. The van der Waals surface area contributed by atoms with E-state index < -0.39 is 5.41 Å². The molecule has 0 bridgehead atoms. The number of carbonyl (C=O) groups is 2. The number of Topliss-reactive ketones (excluding diaryl/α,β-unsaturated/α-hetero) is 1. The van der Waals surface area contributed by atoms with Crippen LogP contribution in [0.25, 0.3) is 0 Å². The molecule has 2 aliphatic rings. The van der Waals surface area contributed by atoms with Crippen molar-refractivity contribution >= 4 is 17.4 Å². The zero-order valence-electron chi connectivity index (χ0n) is 13.3. The second-order valence-corrected chi connectivity index (χ2v) is 6.67. The SMILES string of the molecule is CC(C)COC1=C2C(=NC(=O)C2(C)C)c2ccccc2C1=O. The van der Waals surface area contributed by atoms with E-state index in [2.05, 4.69) is 4.99 Å². The molecule has 0 aromatic heterocycles. The molecule has 0 saturated carbocycles. The lowest BCUT2D eigenvalue weighted by Crippen LogP contribution is -2.30. The van der Waals surface area contributed by atoms with Gasteiger partial charge in [-0.1, -0.05) is 38.1 Å². The summed E-state index contributed by atoms with van der Waals surface area (Å²) < 4.78 is 5.81. The molecule has 0 N–H and O–H groups in total. The van der Waals surface area contributed by atoms with Gasteiger partial charge in [-0.15, -0.1) is 0 Å². The van der Waals surface area contributed by atoms with E-state index in [1.54, 1.807) is 19.9 Å². The zero-order chi connectivity index (χ0) is 16.1. The van der Waals surface area contributed by atoms with Gasteiger partial charge in [-0.3, -0.25) is 9.59 Å². The van der Waals surface area contributed by atoms with Gasteiger partial charge in [-0.25, -0.2) is 4.99 Å². The molecule has 4 nitrogen and oxygen atoms in total. The Morgan fingerprint density at radius 2 is 1.77 bits per heavy atom. The summed E-state index contributed by atoms with van der Waals surface area (Å²) in [7, 11) is 0. The fourth-order valence-corrected chi connectivity index (χ4v) is 2.80. The molecular formula is C18H19NO3. The Balaban J connectivity index is 2.21. The standard InChI is InChI=1S/C18H19NO3/c1-10(2)9-22-16-13-14(19-17(21)18(13,3)4)11-7-5-6-8-12(11)15(16)20/h5-8,10H,9H2,1-4H3. The summed E-state index contributed by atoms with van der Waals surface area (Å²) in [6.07, 6.45) is 0. The zero-order valence-corrected chi connectivity index (χ0v) is 13.3. The molecular weight excluding hydrogens is 278 g/mol. The van der Waals surface area contributed by atoms with Crippen LogP contribution in [0.15, 0.2) is 40.6 Å². The Hall–Kier alpha value is -2.23. The van der Waals surface area contributed by atoms with E-state index >= 15 is 0 Å². The molecule has 22 heavy (non-hydrogen) atoms. The van der Waals surface area contributed by atoms with Gasteiger partial charge in [0, 0.05) is 16.7 Å². The average Bonchev–Trinajstić information content (AvgIpc) is 2.70. The summed E-state index contributed by atoms with van der Waals surface area (Å²) in [6, 6.07) is 7.25. The first-order valence-corrected chi connectivity index (χ1v) is 7.49. The topological polar surface area (TPSA) is 55.7 Å². The van der Waals surface area contributed by atoms with Crippen molar-refractivity contribution in [3.05, 3.63) is 46.7 Å². The van der Waals surface area contributed by atoms with Crippen LogP contribution in [0.4, 0.5) is 0 Å². The molecule has 1 amide bonds. The van der Waals surface area contributed by atoms with E-state index in [0.717, 1.165) is 5.56 Å². The maximum absolute atomic E-state index is 12.8. The summed E-state index contributed by atoms with van der Waals surface area (Å²) in [4.78, 5) is 29.3. The number of allylic oxidation sites excluding steroid dienone is 1. The Labute approximate surface area is 129 Å². The minimum absolute atomic E-state index is 0.159. The number of nitrogens with zero attached hydrogens (tertiary/aromatic N) is 1. The van der Waals surface area contributed by atoms with Crippen LogP contribution in [0.3, 0.4) is 0 Å². The smallest absolute Gasteiger partial charge is 0.256 e. The molecule has 1 aliphatic heterocycles. The number of ketones is 1. The van der Waals surface area contributed by atoms with Crippen LogP contribution in [-0.4, -0.2) is 24.0 Å². The fraction of sp³-hybridized carbons (Fsp3) is 0.389. The van der Waals surface area contributed by atoms with Crippen LogP contribution in [0.5, 0.6) is 0 Å². The number of carbonyl (C=O) groups excluding carboxylic acids is 2. The predicted octanol–water partition coefficient (Wildman–Crippen LogP) is 3.17. The number of ether oxygens (including phenoxy) is 1. The largest absolute Gasteiger partial charge is 0.489 e. The predicted molar refractivity (Wildman–Crippen MR) is 83.9 cm³/mol. The second-order valence-electron chi connectivity index (χ2n) is 6.67. The molecule has 4 heteroatoms. The highest BCUT2D eigenvalue weighted by Gasteiger charge is 2.48. The monoisotopic (exact) mass is 297 g/mol. The minimum Gasteiger partial charge on any atom is -0.489 e. The van der Waals surface area contributed by atoms with Crippen LogP contribution >= 0.6 is 0 Å². The molecule has 1 aromatic carbocycles. The summed E-state index contributed by atoms with van der Waals surface area (Å²) in [5, 5.41) is 0. The van der Waals surface area contributed by atoms with Gasteiger partial charge < -0.3 is 4.74 Å². The van der Waals surface area contributed by atoms with Crippen molar-refractivity contribution in [2.45, 2.75) is 27.7 Å². The molecule has 114 valence electrons. The maximum Gasteiger partial charge on any atom is 0.256 e. The molecule has 0 saturated heterocycles. The Kier molecular flexibility index (Phi) is 3.28. The average molecular weight is 297 g/mol. The first-order valence-electron chi connectivity index (χ1n) is 7.49. The van der Waals surface area contributed by atoms with Gasteiger partial charge >= 0.3 is 0 Å². The van der Waals surface area contributed by atoms with Crippen molar-refractivity contribution in [1.82, 2.24) is 0 Å². The molecule has 0 spiro atoms. The highest BCUT2D eigenvalue weighted by Crippen LogP contribution is 2.43. The minimum atomic E-state index is -0.829.